The number of hydrogen-bond acceptors (Lipinski definition) is 3. The molecule has 0 amide bonds. The van der Waals surface area contributed by atoms with Crippen molar-refractivity contribution in [3.05, 3.63) is 0 Å². The Kier molecular flexibility index (Phi) is 19.1. The lowest BCUT2D eigenvalue weighted by atomic mass is 10.1. The molecule has 1 unspecified atom stereocenters. The molecule has 0 heterocycles. The number of unbranched alkanes of at least 4 members (excludes halogenated alkanes) is 12. The minimum Gasteiger partial charge on any atom is -0.119 e. The second kappa shape index (κ2) is 19.1. The molecule has 0 aromatic rings. The van der Waals surface area contributed by atoms with E-state index in [4.69, 9.17) is 9.05 Å². The van der Waals surface area contributed by atoms with Crippen LogP contribution in [-0.2, 0) is 13.6 Å². The Morgan fingerprint density at radius 1 is 0.545 bits per heavy atom. The topological polar surface area (TPSA) is 35.5 Å². The second-order valence-corrected chi connectivity index (χ2v) is 7.10. The van der Waals surface area contributed by atoms with Crippen molar-refractivity contribution in [1.82, 2.24) is 0 Å². The quantitative estimate of drug-likeness (QED) is 0.197. The van der Waals surface area contributed by atoms with E-state index in [1.54, 1.807) is 0 Å². The Bertz CT molecular complexity index is 234. The van der Waals surface area contributed by atoms with Crippen molar-refractivity contribution in [1.29, 1.82) is 0 Å². The second-order valence-electron chi connectivity index (χ2n) is 6.13. The van der Waals surface area contributed by atoms with Gasteiger partial charge in [-0.15, -0.1) is 9.05 Å². The van der Waals surface area contributed by atoms with Crippen LogP contribution in [0.3, 0.4) is 0 Å². The molecule has 0 saturated heterocycles. The van der Waals surface area contributed by atoms with Gasteiger partial charge in [0.25, 0.3) is 0 Å². The first-order valence-electron chi connectivity index (χ1n) is 9.54. The fourth-order valence-electron chi connectivity index (χ4n) is 2.43. The summed E-state index contributed by atoms with van der Waals surface area (Å²) in [6.07, 6.45) is 17.6. The van der Waals surface area contributed by atoms with E-state index in [1.807, 2.05) is 0 Å². The molecule has 0 aromatic carbocycles. The molecule has 0 rings (SSSR count). The Morgan fingerprint density at radius 2 is 0.864 bits per heavy atom. The molecule has 0 spiro atoms. The van der Waals surface area contributed by atoms with Crippen molar-refractivity contribution >= 4 is 8.25 Å². The molecule has 0 aliphatic carbocycles. The van der Waals surface area contributed by atoms with Gasteiger partial charge in [-0.3, -0.25) is 0 Å². The van der Waals surface area contributed by atoms with Gasteiger partial charge in [-0.05, 0) is 12.8 Å². The maximum Gasteiger partial charge on any atom is 0.697 e. The molecule has 0 aliphatic rings. The first kappa shape index (κ1) is 22.0. The van der Waals surface area contributed by atoms with Crippen LogP contribution in [0.15, 0.2) is 0 Å². The minimum absolute atomic E-state index is 0.563. The predicted molar refractivity (Wildman–Crippen MR) is 95.5 cm³/mol. The smallest absolute Gasteiger partial charge is 0.119 e. The highest BCUT2D eigenvalue weighted by Crippen LogP contribution is 2.24. The molecule has 0 bridgehead atoms. The third-order valence-electron chi connectivity index (χ3n) is 3.89. The summed E-state index contributed by atoms with van der Waals surface area (Å²) in [7, 11) is -1.89. The molecule has 0 radical (unpaired) electrons. The van der Waals surface area contributed by atoms with Crippen LogP contribution < -0.4 is 0 Å². The van der Waals surface area contributed by atoms with Crippen molar-refractivity contribution in [2.24, 2.45) is 0 Å². The Morgan fingerprint density at radius 3 is 1.27 bits per heavy atom. The standard InChI is InChI=1S/C18H38O3P/c1-3-5-7-9-10-11-12-13-14-16-18-21-22(19)20-17-15-8-6-4-2/h3-18H2,1-2H3/q+1. The van der Waals surface area contributed by atoms with E-state index in [-0.39, 0.29) is 0 Å². The highest BCUT2D eigenvalue weighted by Gasteiger charge is 2.18. The molecule has 3 nitrogen and oxygen atoms in total. The monoisotopic (exact) mass is 333 g/mol. The molecule has 132 valence electrons. The van der Waals surface area contributed by atoms with Crippen LogP contribution >= 0.6 is 8.25 Å². The number of rotatable bonds is 18. The maximum absolute atomic E-state index is 11.4. The molecule has 4 heteroatoms. The van der Waals surface area contributed by atoms with Crippen LogP contribution in [0.1, 0.15) is 104 Å². The van der Waals surface area contributed by atoms with E-state index >= 15 is 0 Å². The van der Waals surface area contributed by atoms with Crippen LogP contribution in [0.5, 0.6) is 0 Å². The normalized spacial score (nSPS) is 11.8. The van der Waals surface area contributed by atoms with Crippen molar-refractivity contribution < 1.29 is 13.6 Å². The predicted octanol–water partition coefficient (Wildman–Crippen LogP) is 7.18. The van der Waals surface area contributed by atoms with E-state index in [0.29, 0.717) is 13.2 Å². The zero-order valence-corrected chi connectivity index (χ0v) is 15.9. The molecule has 0 fully saturated rings. The molecule has 22 heavy (non-hydrogen) atoms. The fraction of sp³-hybridized carbons (Fsp3) is 1.00. The van der Waals surface area contributed by atoms with Gasteiger partial charge in [0.2, 0.25) is 0 Å². The first-order valence-corrected chi connectivity index (χ1v) is 10.6. The summed E-state index contributed by atoms with van der Waals surface area (Å²) in [6, 6.07) is 0. The summed E-state index contributed by atoms with van der Waals surface area (Å²) >= 11 is 0. The zero-order chi connectivity index (χ0) is 16.3. The van der Waals surface area contributed by atoms with Gasteiger partial charge in [-0.1, -0.05) is 90.9 Å². The first-order chi connectivity index (χ1) is 10.8. The maximum atomic E-state index is 11.4. The van der Waals surface area contributed by atoms with Crippen molar-refractivity contribution in [2.45, 2.75) is 104 Å². The fourth-order valence-corrected chi connectivity index (χ4v) is 3.06. The van der Waals surface area contributed by atoms with E-state index in [9.17, 15) is 4.57 Å². The number of hydrogen-bond donors (Lipinski definition) is 0. The highest BCUT2D eigenvalue weighted by molar-refractivity contribution is 7.33. The molecule has 1 atom stereocenters. The Balaban J connectivity index is 3.10. The van der Waals surface area contributed by atoms with Crippen LogP contribution in [0, 0.1) is 0 Å². The van der Waals surface area contributed by atoms with Gasteiger partial charge in [0.05, 0.1) is 0 Å². The van der Waals surface area contributed by atoms with E-state index < -0.39 is 8.25 Å². The van der Waals surface area contributed by atoms with Gasteiger partial charge in [0, 0.05) is 4.57 Å². The van der Waals surface area contributed by atoms with Crippen LogP contribution in [0.25, 0.3) is 0 Å². The minimum atomic E-state index is -1.89. The van der Waals surface area contributed by atoms with Gasteiger partial charge in [0.1, 0.15) is 13.2 Å². The Labute approximate surface area is 139 Å². The zero-order valence-electron chi connectivity index (χ0n) is 15.0. The van der Waals surface area contributed by atoms with E-state index in [1.165, 1.54) is 70.6 Å². The van der Waals surface area contributed by atoms with Crippen LogP contribution in [0.2, 0.25) is 0 Å². The molecule has 0 N–H and O–H groups in total. The lowest BCUT2D eigenvalue weighted by molar-refractivity contribution is 0.218. The summed E-state index contributed by atoms with van der Waals surface area (Å²) < 4.78 is 21.8. The van der Waals surface area contributed by atoms with Gasteiger partial charge >= 0.3 is 8.25 Å². The van der Waals surface area contributed by atoms with Gasteiger partial charge in [-0.2, -0.15) is 0 Å². The average Bonchev–Trinajstić information content (AvgIpc) is 2.52. The van der Waals surface area contributed by atoms with E-state index in [2.05, 4.69) is 13.8 Å². The summed E-state index contributed by atoms with van der Waals surface area (Å²) in [4.78, 5) is 0. The van der Waals surface area contributed by atoms with Crippen molar-refractivity contribution in [2.75, 3.05) is 13.2 Å². The van der Waals surface area contributed by atoms with Crippen LogP contribution in [0.4, 0.5) is 0 Å². The lowest BCUT2D eigenvalue weighted by Gasteiger charge is -2.01. The SMILES string of the molecule is CCCCCCCCCCCCO[P+](=O)OCCCCCC. The summed E-state index contributed by atoms with van der Waals surface area (Å²) in [5.41, 5.74) is 0. The summed E-state index contributed by atoms with van der Waals surface area (Å²) in [5.74, 6) is 0. The average molecular weight is 333 g/mol. The largest absolute Gasteiger partial charge is 0.697 e. The third-order valence-corrected chi connectivity index (χ3v) is 4.68. The van der Waals surface area contributed by atoms with Crippen molar-refractivity contribution in [3.8, 4) is 0 Å². The van der Waals surface area contributed by atoms with E-state index in [0.717, 1.165) is 19.3 Å². The molecule has 0 saturated carbocycles. The third kappa shape index (κ3) is 18.1. The van der Waals surface area contributed by atoms with Crippen LogP contribution in [-0.4, -0.2) is 13.2 Å². The highest BCUT2D eigenvalue weighted by atomic mass is 31.1. The summed E-state index contributed by atoms with van der Waals surface area (Å²) in [6.45, 7) is 5.57. The molecular weight excluding hydrogens is 295 g/mol. The molecule has 0 aromatic heterocycles. The lowest BCUT2D eigenvalue weighted by Crippen LogP contribution is -1.92. The van der Waals surface area contributed by atoms with Gasteiger partial charge in [0.15, 0.2) is 0 Å². The van der Waals surface area contributed by atoms with Gasteiger partial charge < -0.3 is 0 Å². The summed E-state index contributed by atoms with van der Waals surface area (Å²) in [5, 5.41) is 0. The van der Waals surface area contributed by atoms with Gasteiger partial charge in [-0.25, -0.2) is 0 Å². The molecular formula is C18H38O3P+. The Hall–Kier alpha value is 0.0200. The van der Waals surface area contributed by atoms with Crippen molar-refractivity contribution in [3.63, 3.8) is 0 Å². The molecule has 0 aliphatic heterocycles.